The zero-order valence-corrected chi connectivity index (χ0v) is 11.3. The van der Waals surface area contributed by atoms with Crippen molar-refractivity contribution in [1.29, 1.82) is 0 Å². The molecule has 0 amide bonds. The lowest BCUT2D eigenvalue weighted by Crippen LogP contribution is -2.33. The van der Waals surface area contributed by atoms with Gasteiger partial charge in [0.25, 0.3) is 0 Å². The Labute approximate surface area is 108 Å². The first kappa shape index (κ1) is 13.5. The summed E-state index contributed by atoms with van der Waals surface area (Å²) in [5.41, 5.74) is 0.991. The summed E-state index contributed by atoms with van der Waals surface area (Å²) in [4.78, 5) is 2.44. The molecule has 6 nitrogen and oxygen atoms in total. The molecule has 1 aliphatic rings. The van der Waals surface area contributed by atoms with Crippen molar-refractivity contribution in [2.45, 2.75) is 32.5 Å². The van der Waals surface area contributed by atoms with E-state index in [2.05, 4.69) is 27.5 Å². The van der Waals surface area contributed by atoms with Crippen molar-refractivity contribution in [3.63, 3.8) is 0 Å². The maximum Gasteiger partial charge on any atom is 0.0964 e. The van der Waals surface area contributed by atoms with Gasteiger partial charge in [-0.2, -0.15) is 0 Å². The maximum absolute atomic E-state index is 5.64. The van der Waals surface area contributed by atoms with Crippen molar-refractivity contribution in [1.82, 2.24) is 25.2 Å². The molecule has 1 aliphatic heterocycles. The van der Waals surface area contributed by atoms with Gasteiger partial charge in [-0.3, -0.25) is 9.58 Å². The molecule has 6 heteroatoms. The van der Waals surface area contributed by atoms with Crippen LogP contribution in [0, 0.1) is 0 Å². The van der Waals surface area contributed by atoms with Crippen molar-refractivity contribution in [2.75, 3.05) is 33.3 Å². The number of hydrogen-bond donors (Lipinski definition) is 1. The average Bonchev–Trinajstić information content (AvgIpc) is 2.69. The van der Waals surface area contributed by atoms with Crippen LogP contribution in [0.15, 0.2) is 6.20 Å². The number of hydrogen-bond acceptors (Lipinski definition) is 5. The summed E-state index contributed by atoms with van der Waals surface area (Å²) in [6, 6.07) is 0. The Morgan fingerprint density at radius 3 is 3.22 bits per heavy atom. The fourth-order valence-corrected chi connectivity index (χ4v) is 2.24. The molecule has 0 bridgehead atoms. The average molecular weight is 253 g/mol. The Morgan fingerprint density at radius 2 is 2.39 bits per heavy atom. The molecule has 1 unspecified atom stereocenters. The third-order valence-corrected chi connectivity index (χ3v) is 3.13. The summed E-state index contributed by atoms with van der Waals surface area (Å²) < 4.78 is 7.56. The Morgan fingerprint density at radius 1 is 1.50 bits per heavy atom. The normalized spacial score (nSPS) is 22.0. The molecule has 2 heterocycles. The van der Waals surface area contributed by atoms with Gasteiger partial charge in [0.1, 0.15) is 0 Å². The van der Waals surface area contributed by atoms with Crippen molar-refractivity contribution < 1.29 is 4.74 Å². The fraction of sp³-hybridized carbons (Fsp3) is 0.833. The van der Waals surface area contributed by atoms with E-state index in [-0.39, 0.29) is 0 Å². The van der Waals surface area contributed by atoms with E-state index in [1.54, 1.807) is 0 Å². The number of rotatable bonds is 5. The molecule has 0 aliphatic carbocycles. The predicted molar refractivity (Wildman–Crippen MR) is 69.3 cm³/mol. The van der Waals surface area contributed by atoms with Crippen LogP contribution < -0.4 is 5.32 Å². The highest BCUT2D eigenvalue weighted by Crippen LogP contribution is 2.05. The Hall–Kier alpha value is -0.980. The van der Waals surface area contributed by atoms with Crippen LogP contribution in [0.4, 0.5) is 0 Å². The van der Waals surface area contributed by atoms with Gasteiger partial charge < -0.3 is 10.1 Å². The highest BCUT2D eigenvalue weighted by Gasteiger charge is 2.14. The first-order valence-electron chi connectivity index (χ1n) is 6.65. The number of nitrogens with one attached hydrogen (secondary N) is 1. The van der Waals surface area contributed by atoms with Crippen molar-refractivity contribution in [3.05, 3.63) is 11.9 Å². The van der Waals surface area contributed by atoms with Crippen LogP contribution in [-0.2, 0) is 17.8 Å². The molecule has 102 valence electrons. The number of nitrogens with zero attached hydrogens (tertiary/aromatic N) is 4. The maximum atomic E-state index is 5.64. The molecule has 0 aromatic carbocycles. The van der Waals surface area contributed by atoms with Gasteiger partial charge in [0.15, 0.2) is 0 Å². The first-order valence-corrected chi connectivity index (χ1v) is 6.65. The van der Waals surface area contributed by atoms with Gasteiger partial charge in [-0.25, -0.2) is 0 Å². The lowest BCUT2D eigenvalue weighted by molar-refractivity contribution is 0.0671. The van der Waals surface area contributed by atoms with E-state index < -0.39 is 0 Å². The van der Waals surface area contributed by atoms with Crippen LogP contribution >= 0.6 is 0 Å². The van der Waals surface area contributed by atoms with Crippen LogP contribution in [0.1, 0.15) is 19.0 Å². The van der Waals surface area contributed by atoms with Crippen LogP contribution in [0.25, 0.3) is 0 Å². The second-order valence-electron chi connectivity index (χ2n) is 4.84. The number of ether oxygens (including phenoxy) is 1. The third kappa shape index (κ3) is 4.04. The summed E-state index contributed by atoms with van der Waals surface area (Å²) in [5.74, 6) is 0. The number of aromatic nitrogens is 3. The van der Waals surface area contributed by atoms with Gasteiger partial charge in [-0.05, 0) is 20.4 Å². The van der Waals surface area contributed by atoms with Crippen molar-refractivity contribution >= 4 is 0 Å². The van der Waals surface area contributed by atoms with Crippen molar-refractivity contribution in [2.24, 2.45) is 0 Å². The highest BCUT2D eigenvalue weighted by molar-refractivity contribution is 4.91. The molecule has 0 radical (unpaired) electrons. The van der Waals surface area contributed by atoms with Crippen molar-refractivity contribution in [3.8, 4) is 0 Å². The monoisotopic (exact) mass is 253 g/mol. The van der Waals surface area contributed by atoms with E-state index in [9.17, 15) is 0 Å². The quantitative estimate of drug-likeness (QED) is 0.807. The molecule has 1 fully saturated rings. The molecule has 18 heavy (non-hydrogen) atoms. The van der Waals surface area contributed by atoms with Gasteiger partial charge in [0.2, 0.25) is 0 Å². The molecular weight excluding hydrogens is 230 g/mol. The first-order chi connectivity index (χ1) is 8.78. The van der Waals surface area contributed by atoms with Gasteiger partial charge >= 0.3 is 0 Å². The predicted octanol–water partition coefficient (Wildman–Crippen LogP) is 0.108. The van der Waals surface area contributed by atoms with Gasteiger partial charge in [0.05, 0.1) is 18.3 Å². The molecule has 1 aromatic heterocycles. The zero-order chi connectivity index (χ0) is 12.8. The Bertz CT molecular complexity index is 354. The Balaban J connectivity index is 1.78. The van der Waals surface area contributed by atoms with Crippen LogP contribution in [0.2, 0.25) is 0 Å². The second kappa shape index (κ2) is 6.82. The summed E-state index contributed by atoms with van der Waals surface area (Å²) in [6.07, 6.45) is 3.46. The van der Waals surface area contributed by atoms with E-state index in [0.717, 1.165) is 51.4 Å². The molecule has 1 saturated heterocycles. The molecule has 1 N–H and O–H groups in total. The van der Waals surface area contributed by atoms with Crippen LogP contribution in [-0.4, -0.2) is 59.3 Å². The molecule has 0 spiro atoms. The summed E-state index contributed by atoms with van der Waals surface area (Å²) in [7, 11) is 1.91. The largest absolute Gasteiger partial charge is 0.377 e. The summed E-state index contributed by atoms with van der Waals surface area (Å²) in [6.45, 7) is 7.82. The SMILES string of the molecule is CNCc1cn(CCN2CCCOC(C)C2)nn1. The standard InChI is InChI=1S/C12H23N5O/c1-11-9-16(4-3-7-18-11)5-6-17-10-12(8-13-2)14-15-17/h10-11,13H,3-9H2,1-2H3. The van der Waals surface area contributed by atoms with Crippen LogP contribution in [0.5, 0.6) is 0 Å². The molecular formula is C12H23N5O. The Kier molecular flexibility index (Phi) is 5.10. The highest BCUT2D eigenvalue weighted by atomic mass is 16.5. The van der Waals surface area contributed by atoms with E-state index in [1.807, 2.05) is 17.9 Å². The lowest BCUT2D eigenvalue weighted by Gasteiger charge is -2.21. The van der Waals surface area contributed by atoms with Gasteiger partial charge in [-0.1, -0.05) is 5.21 Å². The van der Waals surface area contributed by atoms with E-state index in [1.165, 1.54) is 0 Å². The second-order valence-corrected chi connectivity index (χ2v) is 4.84. The molecule has 0 saturated carbocycles. The van der Waals surface area contributed by atoms with Crippen LogP contribution in [0.3, 0.4) is 0 Å². The lowest BCUT2D eigenvalue weighted by atomic mass is 10.3. The van der Waals surface area contributed by atoms with E-state index in [0.29, 0.717) is 6.10 Å². The summed E-state index contributed by atoms with van der Waals surface area (Å²) in [5, 5.41) is 11.3. The topological polar surface area (TPSA) is 55.2 Å². The third-order valence-electron chi connectivity index (χ3n) is 3.13. The minimum atomic E-state index is 0.336. The minimum absolute atomic E-state index is 0.336. The fourth-order valence-electron chi connectivity index (χ4n) is 2.24. The molecule has 2 rings (SSSR count). The molecule has 1 aromatic rings. The molecule has 1 atom stereocenters. The van der Waals surface area contributed by atoms with E-state index in [4.69, 9.17) is 4.74 Å². The smallest absolute Gasteiger partial charge is 0.0964 e. The van der Waals surface area contributed by atoms with E-state index >= 15 is 0 Å². The zero-order valence-electron chi connectivity index (χ0n) is 11.3. The minimum Gasteiger partial charge on any atom is -0.377 e. The summed E-state index contributed by atoms with van der Waals surface area (Å²) >= 11 is 0. The van der Waals surface area contributed by atoms with Gasteiger partial charge in [-0.15, -0.1) is 5.10 Å². The van der Waals surface area contributed by atoms with Gasteiger partial charge in [0, 0.05) is 39.0 Å².